The van der Waals surface area contributed by atoms with Crippen molar-refractivity contribution in [2.24, 2.45) is 10.4 Å². The maximum Gasteiger partial charge on any atom is 0.235 e. The molecule has 0 saturated heterocycles. The molecule has 0 aromatic carbocycles. The monoisotopic (exact) mass is 167 g/mol. The minimum Gasteiger partial charge on any atom is -0.211 e. The van der Waals surface area contributed by atoms with Crippen molar-refractivity contribution in [3.63, 3.8) is 0 Å². The molecule has 1 aliphatic carbocycles. The summed E-state index contributed by atoms with van der Waals surface area (Å²) in [7, 11) is 0. The van der Waals surface area contributed by atoms with E-state index in [1.54, 1.807) is 6.08 Å². The summed E-state index contributed by atoms with van der Waals surface area (Å²) in [5.74, 6) is 0. The average Bonchev–Trinajstić information content (AvgIpc) is 2.05. The van der Waals surface area contributed by atoms with Gasteiger partial charge in [-0.1, -0.05) is 26.7 Å². The Morgan fingerprint density at radius 3 is 3.00 bits per heavy atom. The standard InChI is InChI=1S/C10H17NO/c1-3-10(2)6-4-5-9(7-10)11-8-12/h9H,3-7H2,1-2H3. The highest BCUT2D eigenvalue weighted by atomic mass is 16.1. The summed E-state index contributed by atoms with van der Waals surface area (Å²) < 4.78 is 0. The van der Waals surface area contributed by atoms with Crippen LogP contribution in [0.15, 0.2) is 4.99 Å². The molecule has 0 aliphatic heterocycles. The predicted octanol–water partition coefficient (Wildman–Crippen LogP) is 2.68. The van der Waals surface area contributed by atoms with Gasteiger partial charge in [-0.15, -0.1) is 0 Å². The first-order chi connectivity index (χ1) is 5.70. The third-order valence-electron chi connectivity index (χ3n) is 3.13. The van der Waals surface area contributed by atoms with Gasteiger partial charge < -0.3 is 0 Å². The molecule has 0 amide bonds. The summed E-state index contributed by atoms with van der Waals surface area (Å²) in [5, 5.41) is 0. The van der Waals surface area contributed by atoms with Crippen molar-refractivity contribution in [3.8, 4) is 0 Å². The minimum absolute atomic E-state index is 0.251. The largest absolute Gasteiger partial charge is 0.235 e. The van der Waals surface area contributed by atoms with Crippen molar-refractivity contribution in [3.05, 3.63) is 0 Å². The van der Waals surface area contributed by atoms with E-state index < -0.39 is 0 Å². The van der Waals surface area contributed by atoms with Crippen molar-refractivity contribution in [2.75, 3.05) is 0 Å². The molecule has 1 rings (SSSR count). The van der Waals surface area contributed by atoms with E-state index in [9.17, 15) is 4.79 Å². The number of isocyanates is 1. The molecule has 1 fully saturated rings. The Morgan fingerprint density at radius 1 is 1.67 bits per heavy atom. The quantitative estimate of drug-likeness (QED) is 0.459. The molecule has 2 unspecified atom stereocenters. The van der Waals surface area contributed by atoms with Gasteiger partial charge in [0.2, 0.25) is 6.08 Å². The second-order valence-electron chi connectivity index (χ2n) is 4.13. The van der Waals surface area contributed by atoms with Gasteiger partial charge in [-0.25, -0.2) is 9.79 Å². The zero-order chi connectivity index (χ0) is 9.03. The lowest BCUT2D eigenvalue weighted by atomic mass is 9.72. The third kappa shape index (κ3) is 2.18. The second kappa shape index (κ2) is 3.86. The fourth-order valence-electron chi connectivity index (χ4n) is 2.04. The van der Waals surface area contributed by atoms with E-state index in [1.165, 1.54) is 19.3 Å². The molecule has 0 N–H and O–H groups in total. The van der Waals surface area contributed by atoms with Gasteiger partial charge in [-0.2, -0.15) is 0 Å². The molecule has 0 spiro atoms. The second-order valence-corrected chi connectivity index (χ2v) is 4.13. The fourth-order valence-corrected chi connectivity index (χ4v) is 2.04. The van der Waals surface area contributed by atoms with Crippen molar-refractivity contribution in [1.82, 2.24) is 0 Å². The van der Waals surface area contributed by atoms with E-state index in [-0.39, 0.29) is 6.04 Å². The maximum atomic E-state index is 10.1. The number of rotatable bonds is 2. The van der Waals surface area contributed by atoms with Crippen LogP contribution in [-0.4, -0.2) is 12.1 Å². The normalized spacial score (nSPS) is 35.7. The number of nitrogens with zero attached hydrogens (tertiary/aromatic N) is 1. The lowest BCUT2D eigenvalue weighted by molar-refractivity contribution is 0.189. The molecular weight excluding hydrogens is 150 g/mol. The van der Waals surface area contributed by atoms with Crippen molar-refractivity contribution in [1.29, 1.82) is 0 Å². The maximum absolute atomic E-state index is 10.1. The first-order valence-corrected chi connectivity index (χ1v) is 4.77. The van der Waals surface area contributed by atoms with Crippen molar-refractivity contribution >= 4 is 6.08 Å². The van der Waals surface area contributed by atoms with Gasteiger partial charge >= 0.3 is 0 Å². The number of hydrogen-bond donors (Lipinski definition) is 0. The fraction of sp³-hybridized carbons (Fsp3) is 0.900. The molecule has 12 heavy (non-hydrogen) atoms. The summed E-state index contributed by atoms with van der Waals surface area (Å²) in [6.45, 7) is 4.51. The van der Waals surface area contributed by atoms with E-state index in [0.717, 1.165) is 12.8 Å². The van der Waals surface area contributed by atoms with Crippen LogP contribution in [0.4, 0.5) is 0 Å². The van der Waals surface area contributed by atoms with E-state index in [4.69, 9.17) is 0 Å². The Labute approximate surface area is 74.1 Å². The van der Waals surface area contributed by atoms with Gasteiger partial charge in [0.25, 0.3) is 0 Å². The molecule has 2 nitrogen and oxygen atoms in total. The molecule has 2 atom stereocenters. The molecular formula is C10H17NO. The molecule has 1 aliphatic rings. The summed E-state index contributed by atoms with van der Waals surface area (Å²) in [4.78, 5) is 13.9. The summed E-state index contributed by atoms with van der Waals surface area (Å²) >= 11 is 0. The van der Waals surface area contributed by atoms with Gasteiger partial charge in [0.1, 0.15) is 0 Å². The van der Waals surface area contributed by atoms with Crippen LogP contribution < -0.4 is 0 Å². The van der Waals surface area contributed by atoms with E-state index in [2.05, 4.69) is 18.8 Å². The highest BCUT2D eigenvalue weighted by molar-refractivity contribution is 5.33. The smallest absolute Gasteiger partial charge is 0.211 e. The van der Waals surface area contributed by atoms with Crippen LogP contribution in [0.2, 0.25) is 0 Å². The van der Waals surface area contributed by atoms with Crippen LogP contribution >= 0.6 is 0 Å². The van der Waals surface area contributed by atoms with Crippen LogP contribution in [0.5, 0.6) is 0 Å². The first kappa shape index (κ1) is 9.47. The lowest BCUT2D eigenvalue weighted by Crippen LogP contribution is -2.27. The molecule has 0 aromatic heterocycles. The van der Waals surface area contributed by atoms with Crippen LogP contribution in [0.25, 0.3) is 0 Å². The van der Waals surface area contributed by atoms with E-state index in [0.29, 0.717) is 5.41 Å². The van der Waals surface area contributed by atoms with Gasteiger partial charge in [0.15, 0.2) is 0 Å². The van der Waals surface area contributed by atoms with Crippen LogP contribution in [-0.2, 0) is 4.79 Å². The van der Waals surface area contributed by atoms with Crippen molar-refractivity contribution in [2.45, 2.75) is 52.0 Å². The topological polar surface area (TPSA) is 29.4 Å². The summed E-state index contributed by atoms with van der Waals surface area (Å²) in [6.07, 6.45) is 7.50. The van der Waals surface area contributed by atoms with Gasteiger partial charge in [0, 0.05) is 0 Å². The SMILES string of the molecule is CCC1(C)CCCC(N=C=O)C1. The van der Waals surface area contributed by atoms with Crippen LogP contribution in [0, 0.1) is 5.41 Å². The molecule has 68 valence electrons. The molecule has 2 heteroatoms. The predicted molar refractivity (Wildman–Crippen MR) is 48.8 cm³/mol. The first-order valence-electron chi connectivity index (χ1n) is 4.77. The minimum atomic E-state index is 0.251. The van der Waals surface area contributed by atoms with E-state index >= 15 is 0 Å². The molecule has 1 saturated carbocycles. The zero-order valence-corrected chi connectivity index (χ0v) is 7.97. The Morgan fingerprint density at radius 2 is 2.42 bits per heavy atom. The molecule has 0 bridgehead atoms. The van der Waals surface area contributed by atoms with Gasteiger partial charge in [-0.05, 0) is 24.7 Å². The number of hydrogen-bond acceptors (Lipinski definition) is 2. The average molecular weight is 167 g/mol. The van der Waals surface area contributed by atoms with E-state index in [1.807, 2.05) is 0 Å². The number of carbonyl (C=O) groups excluding carboxylic acids is 1. The third-order valence-corrected chi connectivity index (χ3v) is 3.13. The summed E-state index contributed by atoms with van der Waals surface area (Å²) in [6, 6.07) is 0.251. The molecule has 0 radical (unpaired) electrons. The van der Waals surface area contributed by atoms with Gasteiger partial charge in [-0.3, -0.25) is 0 Å². The Hall–Kier alpha value is -0.620. The zero-order valence-electron chi connectivity index (χ0n) is 7.97. The molecule has 0 heterocycles. The van der Waals surface area contributed by atoms with Gasteiger partial charge in [0.05, 0.1) is 6.04 Å². The Bertz CT molecular complexity index is 196. The van der Waals surface area contributed by atoms with Crippen LogP contribution in [0.1, 0.15) is 46.0 Å². The molecule has 0 aromatic rings. The Kier molecular flexibility index (Phi) is 3.05. The highest BCUT2D eigenvalue weighted by Crippen LogP contribution is 2.39. The van der Waals surface area contributed by atoms with Crippen LogP contribution in [0.3, 0.4) is 0 Å². The van der Waals surface area contributed by atoms with Crippen molar-refractivity contribution < 1.29 is 4.79 Å². The number of aliphatic imine (C=N–C) groups is 1. The summed E-state index contributed by atoms with van der Waals surface area (Å²) in [5.41, 5.74) is 0.420. The highest BCUT2D eigenvalue weighted by Gasteiger charge is 2.30. The Balaban J connectivity index is 2.56. The lowest BCUT2D eigenvalue weighted by Gasteiger charge is -2.35.